The molecule has 53 heavy (non-hydrogen) atoms. The second-order valence-electron chi connectivity index (χ2n) is 15.1. The Hall–Kier alpha value is -5.92. The van der Waals surface area contributed by atoms with Gasteiger partial charge < -0.3 is 4.42 Å². The summed E-state index contributed by atoms with van der Waals surface area (Å²) >= 11 is 0. The van der Waals surface area contributed by atoms with E-state index in [0.717, 1.165) is 21.9 Å². The van der Waals surface area contributed by atoms with E-state index in [1.807, 2.05) is 0 Å². The third-order valence-electron chi connectivity index (χ3n) is 12.5. The molecule has 0 saturated heterocycles. The van der Waals surface area contributed by atoms with Gasteiger partial charge in [-0.15, -0.1) is 0 Å². The van der Waals surface area contributed by atoms with Crippen molar-refractivity contribution < 1.29 is 4.42 Å². The van der Waals surface area contributed by atoms with Crippen LogP contribution in [0.15, 0.2) is 126 Å². The quantitative estimate of drug-likeness (QED) is 0.168. The molecule has 0 N–H and O–H groups in total. The number of rotatable bonds is 4. The zero-order valence-electron chi connectivity index (χ0n) is 32.0. The lowest BCUT2D eigenvalue weighted by Gasteiger charge is -2.27. The first-order chi connectivity index (χ1) is 25.6. The first-order valence-corrected chi connectivity index (χ1v) is 18.8. The minimum Gasteiger partial charge on any atom is -0.456 e. The normalized spacial score (nSPS) is 11.8. The highest BCUT2D eigenvalue weighted by molar-refractivity contribution is 6.26. The Labute approximate surface area is 312 Å². The third-order valence-corrected chi connectivity index (χ3v) is 12.5. The zero-order chi connectivity index (χ0) is 36.7. The molecule has 0 unspecified atom stereocenters. The lowest BCUT2D eigenvalue weighted by atomic mass is 9.76. The Morgan fingerprint density at radius 3 is 1.17 bits per heavy atom. The van der Waals surface area contributed by atoms with Crippen LogP contribution in [0.1, 0.15) is 44.5 Å². The van der Waals surface area contributed by atoms with Crippen molar-refractivity contribution in [2.75, 3.05) is 0 Å². The molecule has 0 aliphatic carbocycles. The topological polar surface area (TPSA) is 13.1 Å². The maximum Gasteiger partial charge on any atom is 0.135 e. The molecular formula is C52H44O. The van der Waals surface area contributed by atoms with E-state index in [-0.39, 0.29) is 0 Å². The second-order valence-corrected chi connectivity index (χ2v) is 15.1. The highest BCUT2D eigenvalue weighted by Gasteiger charge is 2.26. The van der Waals surface area contributed by atoms with Gasteiger partial charge in [0, 0.05) is 10.8 Å². The maximum atomic E-state index is 6.35. The molecule has 0 atom stereocenters. The van der Waals surface area contributed by atoms with Gasteiger partial charge in [-0.05, 0) is 202 Å². The molecule has 0 aliphatic rings. The molecule has 1 nitrogen and oxygen atoms in total. The molecule has 1 heterocycles. The Kier molecular flexibility index (Phi) is 7.68. The second kappa shape index (κ2) is 12.3. The number of fused-ring (bicyclic) bond motifs is 5. The van der Waals surface area contributed by atoms with Gasteiger partial charge in [0.05, 0.1) is 0 Å². The smallest absolute Gasteiger partial charge is 0.135 e. The van der Waals surface area contributed by atoms with Crippen LogP contribution in [0.4, 0.5) is 0 Å². The number of hydrogen-bond acceptors (Lipinski definition) is 1. The molecule has 258 valence electrons. The van der Waals surface area contributed by atoms with Gasteiger partial charge in [-0.1, -0.05) is 84.9 Å². The van der Waals surface area contributed by atoms with Gasteiger partial charge in [-0.2, -0.15) is 0 Å². The third kappa shape index (κ3) is 4.98. The molecule has 8 aromatic carbocycles. The lowest BCUT2D eigenvalue weighted by molar-refractivity contribution is 0.669. The fraction of sp³-hybridized carbons (Fsp3) is 0.154. The molecule has 0 fully saturated rings. The number of benzene rings is 8. The Morgan fingerprint density at radius 2 is 0.679 bits per heavy atom. The van der Waals surface area contributed by atoms with Crippen molar-refractivity contribution in [2.24, 2.45) is 0 Å². The molecule has 0 amide bonds. The van der Waals surface area contributed by atoms with E-state index in [1.165, 1.54) is 111 Å². The molecule has 0 aliphatic heterocycles. The fourth-order valence-electron chi connectivity index (χ4n) is 8.95. The number of para-hydroxylation sites is 1. The molecule has 9 rings (SSSR count). The van der Waals surface area contributed by atoms with Crippen molar-refractivity contribution in [3.05, 3.63) is 166 Å². The van der Waals surface area contributed by atoms with Crippen LogP contribution >= 0.6 is 0 Å². The molecule has 0 saturated carbocycles. The van der Waals surface area contributed by atoms with Crippen LogP contribution in [0.25, 0.3) is 88.0 Å². The Morgan fingerprint density at radius 1 is 0.283 bits per heavy atom. The zero-order valence-corrected chi connectivity index (χ0v) is 32.0. The van der Waals surface area contributed by atoms with Gasteiger partial charge in [-0.3, -0.25) is 0 Å². The predicted molar refractivity (Wildman–Crippen MR) is 228 cm³/mol. The van der Waals surface area contributed by atoms with Gasteiger partial charge in [0.15, 0.2) is 0 Å². The van der Waals surface area contributed by atoms with E-state index in [4.69, 9.17) is 4.42 Å². The van der Waals surface area contributed by atoms with Crippen LogP contribution in [0.3, 0.4) is 0 Å². The predicted octanol–water partition coefficient (Wildman–Crippen LogP) is 15.0. The highest BCUT2D eigenvalue weighted by Crippen LogP contribution is 2.52. The van der Waals surface area contributed by atoms with Crippen LogP contribution in [0.2, 0.25) is 0 Å². The molecule has 1 aromatic heterocycles. The number of furan rings is 1. The molecule has 0 radical (unpaired) electrons. The van der Waals surface area contributed by atoms with Crippen LogP contribution in [0, 0.1) is 55.4 Å². The summed E-state index contributed by atoms with van der Waals surface area (Å²) < 4.78 is 6.35. The van der Waals surface area contributed by atoms with Gasteiger partial charge in [0.1, 0.15) is 11.2 Å². The summed E-state index contributed by atoms with van der Waals surface area (Å²) in [7, 11) is 0. The van der Waals surface area contributed by atoms with Crippen LogP contribution < -0.4 is 0 Å². The minimum atomic E-state index is 0.922. The van der Waals surface area contributed by atoms with E-state index in [2.05, 4.69) is 177 Å². The average molecular weight is 685 g/mol. The summed E-state index contributed by atoms with van der Waals surface area (Å²) in [4.78, 5) is 0. The maximum absolute atomic E-state index is 6.35. The van der Waals surface area contributed by atoms with Crippen LogP contribution in [-0.4, -0.2) is 0 Å². The minimum absolute atomic E-state index is 0.922. The molecule has 9 aromatic rings. The van der Waals surface area contributed by atoms with Gasteiger partial charge in [-0.25, -0.2) is 0 Å². The highest BCUT2D eigenvalue weighted by atomic mass is 16.3. The van der Waals surface area contributed by atoms with E-state index >= 15 is 0 Å². The molecule has 0 bridgehead atoms. The summed E-state index contributed by atoms with van der Waals surface area (Å²) in [6.45, 7) is 18.6. The van der Waals surface area contributed by atoms with Crippen molar-refractivity contribution in [2.45, 2.75) is 55.4 Å². The van der Waals surface area contributed by atoms with E-state index in [9.17, 15) is 0 Å². The Bertz CT molecular complexity index is 2800. The van der Waals surface area contributed by atoms with Gasteiger partial charge in [0.2, 0.25) is 0 Å². The van der Waals surface area contributed by atoms with Gasteiger partial charge in [0.25, 0.3) is 0 Å². The van der Waals surface area contributed by atoms with Crippen molar-refractivity contribution in [1.29, 1.82) is 0 Å². The monoisotopic (exact) mass is 684 g/mol. The number of aryl methyl sites for hydroxylation is 4. The summed E-state index contributed by atoms with van der Waals surface area (Å²) in [5.74, 6) is 0. The fourth-order valence-corrected chi connectivity index (χ4v) is 8.95. The van der Waals surface area contributed by atoms with Crippen molar-refractivity contribution in [1.82, 2.24) is 0 Å². The summed E-state index contributed by atoms with van der Waals surface area (Å²) in [6.07, 6.45) is 0. The van der Waals surface area contributed by atoms with Crippen LogP contribution in [0.5, 0.6) is 0 Å². The first kappa shape index (κ1) is 33.0. The van der Waals surface area contributed by atoms with Gasteiger partial charge >= 0.3 is 0 Å². The Balaban J connectivity index is 1.52. The van der Waals surface area contributed by atoms with E-state index in [0.29, 0.717) is 0 Å². The van der Waals surface area contributed by atoms with E-state index in [1.54, 1.807) is 0 Å². The lowest BCUT2D eigenvalue weighted by Crippen LogP contribution is -2.04. The largest absolute Gasteiger partial charge is 0.456 e. The average Bonchev–Trinajstić information content (AvgIpc) is 3.58. The number of hydrogen-bond donors (Lipinski definition) is 0. The summed E-state index contributed by atoms with van der Waals surface area (Å²) in [5, 5.41) is 7.69. The van der Waals surface area contributed by atoms with Crippen molar-refractivity contribution in [3.8, 4) is 44.5 Å². The summed E-state index contributed by atoms with van der Waals surface area (Å²) in [5.41, 5.74) is 22.7. The molecule has 1 heteroatoms. The molecular weight excluding hydrogens is 641 g/mol. The molecule has 0 spiro atoms. The van der Waals surface area contributed by atoms with Crippen molar-refractivity contribution >= 4 is 43.5 Å². The van der Waals surface area contributed by atoms with Crippen molar-refractivity contribution in [3.63, 3.8) is 0 Å². The van der Waals surface area contributed by atoms with Crippen LogP contribution in [-0.2, 0) is 0 Å². The summed E-state index contributed by atoms with van der Waals surface area (Å²) in [6, 6.07) is 44.2. The first-order valence-electron chi connectivity index (χ1n) is 18.8. The standard InChI is InChI=1S/C52H44O/c1-29-31(3)35(7)49-47(33(29)5)51(39-23-24-46-44(28-39)43-21-15-16-22-45(43)53-46)48-34(6)30(2)32(4)36(8)50(48)52(49)42-26-40(37-17-11-9-12-18-37)25-41(27-42)38-19-13-10-14-20-38/h9-28H,1-8H3. The van der Waals surface area contributed by atoms with E-state index < -0.39 is 0 Å². The SMILES string of the molecule is Cc1c(C)c(C)c2c(-c3ccc4oc5ccccc5c4c3)c3c(C)c(C)c(C)c(C)c3c(-c3cc(-c4ccccc4)cc(-c4ccccc4)c3)c2c1C.